The zero-order valence-electron chi connectivity index (χ0n) is 10.3. The minimum Gasteiger partial charge on any atom is -0.196 e. The summed E-state index contributed by atoms with van der Waals surface area (Å²) in [6.45, 7) is 0. The van der Waals surface area contributed by atoms with Gasteiger partial charge in [-0.25, -0.2) is 0 Å². The fraction of sp³-hybridized carbons (Fsp3) is 0.235. The van der Waals surface area contributed by atoms with Gasteiger partial charge >= 0.3 is 0 Å². The van der Waals surface area contributed by atoms with Gasteiger partial charge in [0, 0.05) is 11.8 Å². The minimum atomic E-state index is -0.798. The van der Waals surface area contributed by atoms with Crippen molar-refractivity contribution in [1.29, 1.82) is 5.26 Å². The molecule has 3 aliphatic carbocycles. The predicted octanol–water partition coefficient (Wildman–Crippen LogP) is 4.17. The third kappa shape index (κ3) is 1.30. The number of nitriles is 1. The minimum absolute atomic E-state index is 0.00318. The zero-order chi connectivity index (χ0) is 13.0. The number of nitrogens with zero attached hydrogens (tertiary/aromatic N) is 1. The van der Waals surface area contributed by atoms with Crippen molar-refractivity contribution >= 4 is 11.6 Å². The van der Waals surface area contributed by atoms with E-state index in [1.54, 1.807) is 0 Å². The summed E-state index contributed by atoms with van der Waals surface area (Å²) in [4.78, 5) is -0.798. The Hall–Kier alpha value is -1.78. The molecule has 2 heteroatoms. The molecule has 0 amide bonds. The standard InChI is InChI=1S/C17H12ClN/c18-17(10-19)9-15-11-5-1-3-7-13(11)16(17)14-8-4-2-6-12(14)15/h1-8,15-16H,9H2/t15?,16?,17-/m1/s1. The Morgan fingerprint density at radius 3 is 1.89 bits per heavy atom. The maximum absolute atomic E-state index is 9.54. The van der Waals surface area contributed by atoms with Crippen molar-refractivity contribution in [2.75, 3.05) is 0 Å². The second kappa shape index (κ2) is 3.62. The molecule has 5 rings (SSSR count). The smallest absolute Gasteiger partial charge is 0.142 e. The van der Waals surface area contributed by atoms with Gasteiger partial charge in [-0.2, -0.15) is 5.26 Å². The van der Waals surface area contributed by atoms with Gasteiger partial charge in [0.05, 0.1) is 6.07 Å². The molecule has 19 heavy (non-hydrogen) atoms. The SMILES string of the molecule is N#C[C@]1(Cl)CC2c3ccccc3C1c1ccccc12. The summed E-state index contributed by atoms with van der Waals surface area (Å²) in [6, 6.07) is 19.2. The van der Waals surface area contributed by atoms with E-state index >= 15 is 0 Å². The van der Waals surface area contributed by atoms with Crippen LogP contribution in [0.3, 0.4) is 0 Å². The second-order valence-electron chi connectivity index (χ2n) is 5.42. The van der Waals surface area contributed by atoms with Crippen molar-refractivity contribution in [1.82, 2.24) is 0 Å². The molecule has 92 valence electrons. The molecule has 0 aromatic heterocycles. The lowest BCUT2D eigenvalue weighted by molar-refractivity contribution is 0.460. The molecule has 0 saturated heterocycles. The fourth-order valence-corrected chi connectivity index (χ4v) is 4.14. The summed E-state index contributed by atoms with van der Waals surface area (Å²) in [6.07, 6.45) is 0.712. The van der Waals surface area contributed by atoms with Crippen LogP contribution in [0.5, 0.6) is 0 Å². The first kappa shape index (κ1) is 11.1. The van der Waals surface area contributed by atoms with E-state index in [1.807, 2.05) is 12.1 Å². The van der Waals surface area contributed by atoms with Crippen molar-refractivity contribution in [3.63, 3.8) is 0 Å². The van der Waals surface area contributed by atoms with Gasteiger partial charge in [-0.1, -0.05) is 48.5 Å². The van der Waals surface area contributed by atoms with Crippen molar-refractivity contribution in [3.8, 4) is 6.07 Å². The zero-order valence-corrected chi connectivity index (χ0v) is 11.1. The second-order valence-corrected chi connectivity index (χ2v) is 6.10. The molecular weight excluding hydrogens is 254 g/mol. The highest BCUT2D eigenvalue weighted by atomic mass is 35.5. The largest absolute Gasteiger partial charge is 0.196 e. The number of alkyl halides is 1. The van der Waals surface area contributed by atoms with E-state index < -0.39 is 4.87 Å². The lowest BCUT2D eigenvalue weighted by Crippen LogP contribution is -2.41. The number of fused-ring (bicyclic) bond motifs is 1. The van der Waals surface area contributed by atoms with E-state index in [1.165, 1.54) is 22.3 Å². The summed E-state index contributed by atoms with van der Waals surface area (Å²) in [7, 11) is 0. The van der Waals surface area contributed by atoms with Crippen LogP contribution in [0.2, 0.25) is 0 Å². The average molecular weight is 266 g/mol. The average Bonchev–Trinajstić information content (AvgIpc) is 2.47. The Balaban J connectivity index is 2.07. The van der Waals surface area contributed by atoms with Crippen LogP contribution in [-0.2, 0) is 0 Å². The van der Waals surface area contributed by atoms with Crippen LogP contribution in [-0.4, -0.2) is 4.87 Å². The van der Waals surface area contributed by atoms with Gasteiger partial charge in [0.2, 0.25) is 0 Å². The predicted molar refractivity (Wildman–Crippen MR) is 75.4 cm³/mol. The van der Waals surface area contributed by atoms with E-state index in [4.69, 9.17) is 11.6 Å². The van der Waals surface area contributed by atoms with Gasteiger partial charge in [-0.15, -0.1) is 11.6 Å². The number of rotatable bonds is 0. The van der Waals surface area contributed by atoms with Gasteiger partial charge in [-0.3, -0.25) is 0 Å². The van der Waals surface area contributed by atoms with Crippen LogP contribution in [0.4, 0.5) is 0 Å². The fourth-order valence-electron chi connectivity index (χ4n) is 3.76. The van der Waals surface area contributed by atoms with Crippen LogP contribution in [0.15, 0.2) is 48.5 Å². The molecule has 0 fully saturated rings. The van der Waals surface area contributed by atoms with Gasteiger partial charge in [0.1, 0.15) is 4.87 Å². The molecule has 0 unspecified atom stereocenters. The lowest BCUT2D eigenvalue weighted by Gasteiger charge is -2.47. The Kier molecular flexibility index (Phi) is 2.11. The molecule has 0 heterocycles. The lowest BCUT2D eigenvalue weighted by atomic mass is 9.59. The molecule has 0 aliphatic heterocycles. The Labute approximate surface area is 117 Å². The quantitative estimate of drug-likeness (QED) is 0.656. The molecule has 0 saturated carbocycles. The summed E-state index contributed by atoms with van der Waals surface area (Å²) in [5.74, 6) is 0.256. The van der Waals surface area contributed by atoms with Crippen LogP contribution < -0.4 is 0 Å². The number of halogens is 1. The first-order valence-corrected chi connectivity index (χ1v) is 6.90. The summed E-state index contributed by atoms with van der Waals surface area (Å²) in [5, 5.41) is 9.54. The Bertz CT molecular complexity index is 668. The molecule has 0 N–H and O–H groups in total. The highest BCUT2D eigenvalue weighted by molar-refractivity contribution is 6.27. The Morgan fingerprint density at radius 1 is 0.947 bits per heavy atom. The molecule has 1 nitrogen and oxygen atoms in total. The maximum atomic E-state index is 9.54. The topological polar surface area (TPSA) is 23.8 Å². The van der Waals surface area contributed by atoms with E-state index in [0.717, 1.165) is 0 Å². The molecule has 0 radical (unpaired) electrons. The van der Waals surface area contributed by atoms with Crippen molar-refractivity contribution in [2.24, 2.45) is 0 Å². The van der Waals surface area contributed by atoms with Crippen LogP contribution in [0, 0.1) is 11.3 Å². The molecular formula is C17H12ClN. The number of benzene rings is 2. The highest BCUT2D eigenvalue weighted by Crippen LogP contribution is 2.59. The van der Waals surface area contributed by atoms with E-state index in [9.17, 15) is 5.26 Å². The van der Waals surface area contributed by atoms with Gasteiger partial charge in [0.15, 0.2) is 0 Å². The molecule has 3 aliphatic rings. The van der Waals surface area contributed by atoms with Crippen LogP contribution in [0.25, 0.3) is 0 Å². The van der Waals surface area contributed by atoms with Gasteiger partial charge in [0.25, 0.3) is 0 Å². The van der Waals surface area contributed by atoms with Crippen LogP contribution in [0.1, 0.15) is 40.5 Å². The number of hydrogen-bond acceptors (Lipinski definition) is 1. The third-order valence-electron chi connectivity index (χ3n) is 4.51. The van der Waals surface area contributed by atoms with Crippen molar-refractivity contribution in [2.45, 2.75) is 23.1 Å². The first-order valence-electron chi connectivity index (χ1n) is 6.52. The van der Waals surface area contributed by atoms with Gasteiger partial charge < -0.3 is 0 Å². The van der Waals surface area contributed by atoms with E-state index in [0.29, 0.717) is 6.42 Å². The first-order chi connectivity index (χ1) is 9.24. The van der Waals surface area contributed by atoms with Crippen LogP contribution >= 0.6 is 11.6 Å². The van der Waals surface area contributed by atoms with E-state index in [2.05, 4.69) is 42.5 Å². The van der Waals surface area contributed by atoms with Crippen molar-refractivity contribution < 1.29 is 0 Å². The van der Waals surface area contributed by atoms with E-state index in [-0.39, 0.29) is 11.8 Å². The summed E-state index contributed by atoms with van der Waals surface area (Å²) >= 11 is 6.65. The third-order valence-corrected chi connectivity index (χ3v) is 4.97. The van der Waals surface area contributed by atoms with Gasteiger partial charge in [-0.05, 0) is 28.7 Å². The summed E-state index contributed by atoms with van der Waals surface area (Å²) in [5.41, 5.74) is 5.15. The molecule has 0 spiro atoms. The monoisotopic (exact) mass is 265 g/mol. The maximum Gasteiger partial charge on any atom is 0.142 e. The molecule has 1 atom stereocenters. The summed E-state index contributed by atoms with van der Waals surface area (Å²) < 4.78 is 0. The molecule has 2 aromatic carbocycles. The number of hydrogen-bond donors (Lipinski definition) is 0. The normalized spacial score (nSPS) is 30.3. The molecule has 2 bridgehead atoms. The molecule has 2 aromatic rings. The Morgan fingerprint density at radius 2 is 1.42 bits per heavy atom. The van der Waals surface area contributed by atoms with Crippen molar-refractivity contribution in [3.05, 3.63) is 70.8 Å². The highest BCUT2D eigenvalue weighted by Gasteiger charge is 2.52.